The summed E-state index contributed by atoms with van der Waals surface area (Å²) >= 11 is 3.63. The van der Waals surface area contributed by atoms with Gasteiger partial charge >= 0.3 is 6.09 Å². The zero-order valence-corrected chi connectivity index (χ0v) is 17.5. The van der Waals surface area contributed by atoms with Crippen molar-refractivity contribution in [2.24, 2.45) is 5.92 Å². The number of nitrogens with one attached hydrogen (secondary N) is 2. The summed E-state index contributed by atoms with van der Waals surface area (Å²) in [5, 5.41) is 13.2. The van der Waals surface area contributed by atoms with Crippen LogP contribution in [0.3, 0.4) is 0 Å². The van der Waals surface area contributed by atoms with Gasteiger partial charge in [-0.1, -0.05) is 0 Å². The van der Waals surface area contributed by atoms with Crippen molar-refractivity contribution >= 4 is 50.3 Å². The van der Waals surface area contributed by atoms with E-state index in [2.05, 4.69) is 41.1 Å². The molecule has 0 aliphatic carbocycles. The van der Waals surface area contributed by atoms with Gasteiger partial charge < -0.3 is 25.2 Å². The fourth-order valence-corrected chi connectivity index (χ4v) is 5.05. The summed E-state index contributed by atoms with van der Waals surface area (Å²) in [5.41, 5.74) is 2.67. The molecule has 2 aliphatic rings. The number of hydrogen-bond acceptors (Lipinski definition) is 5. The molecule has 2 amide bonds. The van der Waals surface area contributed by atoms with Crippen LogP contribution in [0.2, 0.25) is 0 Å². The SMILES string of the molecule is O=C(Nc1c[nH]c2ncc(Br)c(N3CCC4CN(C(=O)O)CC43)c12)c1cccnc1. The molecule has 2 unspecified atom stereocenters. The van der Waals surface area contributed by atoms with E-state index in [4.69, 9.17) is 0 Å². The van der Waals surface area contributed by atoms with Gasteiger partial charge in [0.05, 0.1) is 32.8 Å². The Kier molecular flexibility index (Phi) is 4.58. The number of halogens is 1. The lowest BCUT2D eigenvalue weighted by Crippen LogP contribution is -2.37. The Hall–Kier alpha value is -3.14. The summed E-state index contributed by atoms with van der Waals surface area (Å²) in [5.74, 6) is 0.0377. The number of fused-ring (bicyclic) bond motifs is 2. The van der Waals surface area contributed by atoms with Gasteiger partial charge in [0.25, 0.3) is 5.91 Å². The number of carboxylic acid groups (broad SMARTS) is 1. The fourth-order valence-electron chi connectivity index (χ4n) is 4.52. The molecule has 2 aliphatic heterocycles. The van der Waals surface area contributed by atoms with Crippen LogP contribution in [0, 0.1) is 5.92 Å². The third kappa shape index (κ3) is 3.07. The van der Waals surface area contributed by atoms with E-state index in [1.165, 1.54) is 11.1 Å². The zero-order chi connectivity index (χ0) is 20.8. The highest BCUT2D eigenvalue weighted by Crippen LogP contribution is 2.43. The lowest BCUT2D eigenvalue weighted by Gasteiger charge is -2.28. The summed E-state index contributed by atoms with van der Waals surface area (Å²) < 4.78 is 0.806. The van der Waals surface area contributed by atoms with Crippen LogP contribution in [0.4, 0.5) is 16.2 Å². The molecule has 0 aromatic carbocycles. The summed E-state index contributed by atoms with van der Waals surface area (Å²) in [7, 11) is 0. The van der Waals surface area contributed by atoms with Crippen molar-refractivity contribution in [2.45, 2.75) is 12.5 Å². The molecule has 10 heteroatoms. The van der Waals surface area contributed by atoms with E-state index in [1.54, 1.807) is 30.7 Å². The van der Waals surface area contributed by atoms with E-state index >= 15 is 0 Å². The van der Waals surface area contributed by atoms with Crippen LogP contribution in [0.5, 0.6) is 0 Å². The van der Waals surface area contributed by atoms with E-state index in [0.29, 0.717) is 35.9 Å². The Morgan fingerprint density at radius 3 is 2.93 bits per heavy atom. The molecule has 0 spiro atoms. The minimum Gasteiger partial charge on any atom is -0.465 e. The maximum atomic E-state index is 12.7. The molecule has 5 rings (SSSR count). The van der Waals surface area contributed by atoms with Gasteiger partial charge in [0, 0.05) is 50.3 Å². The van der Waals surface area contributed by atoms with E-state index in [-0.39, 0.29) is 11.9 Å². The second-order valence-electron chi connectivity index (χ2n) is 7.57. The molecular weight excluding hydrogens is 452 g/mol. The molecule has 30 heavy (non-hydrogen) atoms. The summed E-state index contributed by atoms with van der Waals surface area (Å²) in [6.45, 7) is 1.85. The Bertz CT molecular complexity index is 1130. The number of hydrogen-bond donors (Lipinski definition) is 3. The maximum Gasteiger partial charge on any atom is 0.407 e. The lowest BCUT2D eigenvalue weighted by molar-refractivity contribution is 0.102. The van der Waals surface area contributed by atoms with Crippen LogP contribution >= 0.6 is 15.9 Å². The number of H-pyrrole nitrogens is 1. The van der Waals surface area contributed by atoms with Gasteiger partial charge in [-0.15, -0.1) is 0 Å². The predicted molar refractivity (Wildman–Crippen MR) is 115 cm³/mol. The van der Waals surface area contributed by atoms with Crippen molar-refractivity contribution < 1.29 is 14.7 Å². The van der Waals surface area contributed by atoms with Crippen LogP contribution < -0.4 is 10.2 Å². The summed E-state index contributed by atoms with van der Waals surface area (Å²) in [6, 6.07) is 3.52. The third-order valence-corrected chi connectivity index (χ3v) is 6.49. The molecule has 5 heterocycles. The third-order valence-electron chi connectivity index (χ3n) is 5.91. The number of amides is 2. The van der Waals surface area contributed by atoms with Gasteiger partial charge in [0.1, 0.15) is 5.65 Å². The smallest absolute Gasteiger partial charge is 0.407 e. The fraction of sp³-hybridized carbons (Fsp3) is 0.300. The number of carbonyl (C=O) groups is 2. The highest BCUT2D eigenvalue weighted by Gasteiger charge is 2.44. The molecule has 0 radical (unpaired) electrons. The van der Waals surface area contributed by atoms with E-state index < -0.39 is 6.09 Å². The Morgan fingerprint density at radius 1 is 1.30 bits per heavy atom. The van der Waals surface area contributed by atoms with Crippen LogP contribution in [0.15, 0.2) is 41.4 Å². The summed E-state index contributed by atoms with van der Waals surface area (Å²) in [4.78, 5) is 39.4. The normalized spacial score (nSPS) is 20.6. The lowest BCUT2D eigenvalue weighted by atomic mass is 10.0. The van der Waals surface area contributed by atoms with Crippen molar-refractivity contribution in [2.75, 3.05) is 29.9 Å². The van der Waals surface area contributed by atoms with Gasteiger partial charge in [0.2, 0.25) is 0 Å². The van der Waals surface area contributed by atoms with Crippen molar-refractivity contribution in [3.8, 4) is 0 Å². The van der Waals surface area contributed by atoms with Crippen molar-refractivity contribution in [1.29, 1.82) is 0 Å². The Labute approximate surface area is 180 Å². The first-order chi connectivity index (χ1) is 14.5. The van der Waals surface area contributed by atoms with Crippen molar-refractivity contribution in [1.82, 2.24) is 19.9 Å². The first-order valence-electron chi connectivity index (χ1n) is 9.64. The molecule has 3 N–H and O–H groups in total. The highest BCUT2D eigenvalue weighted by atomic mass is 79.9. The number of rotatable bonds is 3. The maximum absolute atomic E-state index is 12.7. The largest absolute Gasteiger partial charge is 0.465 e. The van der Waals surface area contributed by atoms with Crippen LogP contribution in [-0.2, 0) is 0 Å². The highest BCUT2D eigenvalue weighted by molar-refractivity contribution is 9.10. The standard InChI is InChI=1S/C20H19BrN6O3/c21-13-7-23-18-16(14(8-24-18)25-19(28)11-2-1-4-22-6-11)17(13)27-5-3-12-9-26(20(29)30)10-15(12)27/h1-2,4,6-8,12,15H,3,5,9-10H2,(H,23,24)(H,25,28)(H,29,30). The minimum absolute atomic E-state index is 0.0970. The Balaban J connectivity index is 1.53. The predicted octanol–water partition coefficient (Wildman–Crippen LogP) is 3.16. The monoisotopic (exact) mass is 470 g/mol. The van der Waals surface area contributed by atoms with Crippen molar-refractivity contribution in [3.63, 3.8) is 0 Å². The molecule has 154 valence electrons. The molecule has 3 aromatic heterocycles. The average molecular weight is 471 g/mol. The number of likely N-dealkylation sites (tertiary alicyclic amines) is 1. The molecule has 2 atom stereocenters. The number of aromatic amines is 1. The number of carbonyl (C=O) groups excluding carboxylic acids is 1. The average Bonchev–Trinajstić information content (AvgIpc) is 3.44. The number of nitrogens with zero attached hydrogens (tertiary/aromatic N) is 4. The van der Waals surface area contributed by atoms with Crippen LogP contribution in [0.1, 0.15) is 16.8 Å². The van der Waals surface area contributed by atoms with E-state index in [9.17, 15) is 14.7 Å². The summed E-state index contributed by atoms with van der Waals surface area (Å²) in [6.07, 6.45) is 6.64. The van der Waals surface area contributed by atoms with E-state index in [0.717, 1.165) is 28.5 Å². The number of aromatic nitrogens is 3. The van der Waals surface area contributed by atoms with Gasteiger partial charge in [-0.3, -0.25) is 9.78 Å². The molecule has 9 nitrogen and oxygen atoms in total. The molecule has 2 fully saturated rings. The van der Waals surface area contributed by atoms with Crippen LogP contribution in [0.25, 0.3) is 11.0 Å². The molecule has 3 aromatic rings. The zero-order valence-electron chi connectivity index (χ0n) is 15.9. The minimum atomic E-state index is -0.880. The number of pyridine rings is 2. The van der Waals surface area contributed by atoms with Gasteiger partial charge in [0.15, 0.2) is 0 Å². The van der Waals surface area contributed by atoms with Crippen LogP contribution in [-0.4, -0.2) is 62.6 Å². The Morgan fingerprint density at radius 2 is 2.17 bits per heavy atom. The van der Waals surface area contributed by atoms with E-state index in [1.807, 2.05) is 0 Å². The number of anilines is 2. The second-order valence-corrected chi connectivity index (χ2v) is 8.43. The molecule has 0 bridgehead atoms. The topological polar surface area (TPSA) is 114 Å². The van der Waals surface area contributed by atoms with Crippen molar-refractivity contribution in [3.05, 3.63) is 47.0 Å². The van der Waals surface area contributed by atoms with Gasteiger partial charge in [-0.2, -0.15) is 0 Å². The first-order valence-corrected chi connectivity index (χ1v) is 10.4. The quantitative estimate of drug-likeness (QED) is 0.541. The molecular formula is C20H19BrN6O3. The first kappa shape index (κ1) is 18.9. The second kappa shape index (κ2) is 7.28. The van der Waals surface area contributed by atoms with Gasteiger partial charge in [-0.05, 0) is 34.5 Å². The van der Waals surface area contributed by atoms with Gasteiger partial charge in [-0.25, -0.2) is 9.78 Å². The molecule has 0 saturated carbocycles. The molecule has 2 saturated heterocycles.